The summed E-state index contributed by atoms with van der Waals surface area (Å²) in [5.74, 6) is 0. The Hall–Kier alpha value is -0.598. The van der Waals surface area contributed by atoms with Crippen LogP contribution in [0, 0.1) is 0 Å². The Labute approximate surface area is 57.9 Å². The second-order valence-electron chi connectivity index (χ2n) is 0.602. The van der Waals surface area contributed by atoms with Crippen LogP contribution < -0.4 is 10.2 Å². The summed E-state index contributed by atoms with van der Waals surface area (Å²) in [4.78, 5) is 18.1. The van der Waals surface area contributed by atoms with Crippen LogP contribution in [0.25, 0.3) is 0 Å². The Balaban J connectivity index is 0. The van der Waals surface area contributed by atoms with Gasteiger partial charge in [-0.15, -0.1) is 0 Å². The molecule has 0 aromatic rings. The van der Waals surface area contributed by atoms with E-state index < -0.39 is 12.3 Å². The summed E-state index contributed by atoms with van der Waals surface area (Å²) >= 11 is 0. The van der Waals surface area contributed by atoms with E-state index in [9.17, 15) is 0 Å². The van der Waals surface area contributed by atoms with E-state index in [2.05, 4.69) is 4.74 Å². The fourth-order valence-electron chi connectivity index (χ4n) is 0.0680. The van der Waals surface area contributed by atoms with E-state index in [1.807, 2.05) is 0 Å². The number of carbonyl (C=O) groups excluding carboxylic acids is 2. The minimum absolute atomic E-state index is 0. The van der Waals surface area contributed by atoms with E-state index in [4.69, 9.17) is 19.8 Å². The molecule has 0 amide bonds. The second kappa shape index (κ2) is 4.56. The average Bonchev–Trinajstić information content (AvgIpc) is 1.27. The van der Waals surface area contributed by atoms with Gasteiger partial charge in [-0.1, -0.05) is 0 Å². The summed E-state index contributed by atoms with van der Waals surface area (Å²) in [5, 5.41) is 18.1. The minimum Gasteiger partial charge on any atom is -0.483 e. The molecule has 0 N–H and O–H groups in total. The summed E-state index contributed by atoms with van der Waals surface area (Å²) in [7, 11) is 0. The van der Waals surface area contributed by atoms with E-state index in [1.165, 1.54) is 0 Å². The molecule has 0 fully saturated rings. The molecule has 0 rings (SSSR count). The number of hydrogen-bond acceptors (Lipinski definition) is 5. The van der Waals surface area contributed by atoms with Crippen LogP contribution in [-0.4, -0.2) is 12.3 Å². The summed E-state index contributed by atoms with van der Waals surface area (Å²) in [6.07, 6.45) is -4.25. The van der Waals surface area contributed by atoms with Gasteiger partial charge in [0.1, 0.15) is 0 Å². The van der Waals surface area contributed by atoms with Gasteiger partial charge in [0.2, 0.25) is 0 Å². The van der Waals surface area contributed by atoms with Crippen molar-refractivity contribution in [2.45, 2.75) is 0 Å². The Morgan fingerprint density at radius 1 is 1.12 bits per heavy atom. The van der Waals surface area contributed by atoms with Crippen molar-refractivity contribution in [2.75, 3.05) is 0 Å². The molecule has 0 bridgehead atoms. The molecule has 0 heterocycles. The maximum Gasteiger partial charge on any atom is 2.00 e. The first-order valence-corrected chi connectivity index (χ1v) is 1.22. The van der Waals surface area contributed by atoms with Gasteiger partial charge in [0.15, 0.2) is 0 Å². The van der Waals surface area contributed by atoms with Crippen LogP contribution in [0.3, 0.4) is 0 Å². The largest absolute Gasteiger partial charge is 2.00 e. The van der Waals surface area contributed by atoms with Crippen molar-refractivity contribution < 1.29 is 45.0 Å². The molecule has 0 saturated carbocycles. The molecule has 48 valence electrons. The third-order valence-corrected chi connectivity index (χ3v) is 0.167. The Kier molecular flexibility index (Phi) is 5.92. The van der Waals surface area contributed by atoms with Crippen LogP contribution in [0.2, 0.25) is 0 Å². The molecule has 0 spiro atoms. The summed E-state index contributed by atoms with van der Waals surface area (Å²) in [5.41, 5.74) is 0. The fraction of sp³-hybridized carbons (Fsp3) is 0. The van der Waals surface area contributed by atoms with E-state index >= 15 is 0 Å². The average molecular weight is 210 g/mol. The minimum atomic E-state index is -2.12. The van der Waals surface area contributed by atoms with Gasteiger partial charge in [-0.3, -0.25) is 0 Å². The van der Waals surface area contributed by atoms with Crippen molar-refractivity contribution in [3.63, 3.8) is 0 Å². The monoisotopic (exact) mass is 210 g/mol. The van der Waals surface area contributed by atoms with Crippen LogP contribution in [0.1, 0.15) is 0 Å². The first-order valence-electron chi connectivity index (χ1n) is 1.22. The van der Waals surface area contributed by atoms with Gasteiger partial charge in [-0.2, -0.15) is 0 Å². The topological polar surface area (TPSA) is 89.5 Å². The molecule has 6 heteroatoms. The van der Waals surface area contributed by atoms with Gasteiger partial charge in [0, 0.05) is 0 Å². The number of hydrogen-bond donors (Lipinski definition) is 0. The van der Waals surface area contributed by atoms with Gasteiger partial charge in [0.05, 0.1) is 0 Å². The first kappa shape index (κ1) is 10.4. The molecule has 0 aliphatic rings. The predicted molar refractivity (Wildman–Crippen MR) is 11.9 cm³/mol. The maximum absolute atomic E-state index is 9.06. The van der Waals surface area contributed by atoms with Crippen LogP contribution in [0.4, 0.5) is 9.59 Å². The molecular formula is C2O5Pd. The first-order chi connectivity index (χ1) is 3.13. The van der Waals surface area contributed by atoms with Crippen molar-refractivity contribution >= 4 is 12.3 Å². The molecular weight excluding hydrogens is 210 g/mol. The van der Waals surface area contributed by atoms with E-state index in [0.717, 1.165) is 0 Å². The molecule has 0 atom stereocenters. The zero-order valence-electron chi connectivity index (χ0n) is 3.36. The summed E-state index contributed by atoms with van der Waals surface area (Å²) < 4.78 is 2.86. The van der Waals surface area contributed by atoms with Gasteiger partial charge in [-0.25, -0.2) is 0 Å². The number of rotatable bonds is 0. The molecule has 0 aromatic heterocycles. The van der Waals surface area contributed by atoms with Gasteiger partial charge in [0.25, 0.3) is 12.3 Å². The van der Waals surface area contributed by atoms with Crippen molar-refractivity contribution in [1.82, 2.24) is 0 Å². The van der Waals surface area contributed by atoms with Crippen molar-refractivity contribution in [2.24, 2.45) is 0 Å². The van der Waals surface area contributed by atoms with Gasteiger partial charge >= 0.3 is 20.4 Å². The van der Waals surface area contributed by atoms with E-state index in [1.54, 1.807) is 0 Å². The molecule has 0 saturated heterocycles. The Morgan fingerprint density at radius 3 is 1.38 bits per heavy atom. The van der Waals surface area contributed by atoms with Crippen LogP contribution in [-0.2, 0) is 25.2 Å². The standard InChI is InChI=1S/C2H2O5.Pd/c3-1(4)7-2(5)6;/h(H,3,4)(H,5,6);/q;+2/p-2. The molecule has 0 aliphatic carbocycles. The maximum atomic E-state index is 9.06. The normalized spacial score (nSPS) is 6.50. The SMILES string of the molecule is O=C([O-])OC(=O)[O-].[Pd+2]. The van der Waals surface area contributed by atoms with E-state index in [0.29, 0.717) is 0 Å². The third-order valence-electron chi connectivity index (χ3n) is 0.167. The molecule has 0 aliphatic heterocycles. The summed E-state index contributed by atoms with van der Waals surface area (Å²) in [6.45, 7) is 0. The van der Waals surface area contributed by atoms with Gasteiger partial charge in [-0.05, 0) is 0 Å². The summed E-state index contributed by atoms with van der Waals surface area (Å²) in [6, 6.07) is 0. The third kappa shape index (κ3) is 9.04. The van der Waals surface area contributed by atoms with Crippen LogP contribution in [0.15, 0.2) is 0 Å². The number of carbonyl (C=O) groups is 2. The van der Waals surface area contributed by atoms with E-state index in [-0.39, 0.29) is 20.4 Å². The molecule has 0 aromatic carbocycles. The molecule has 0 radical (unpaired) electrons. The predicted octanol–water partition coefficient (Wildman–Crippen LogP) is -2.31. The van der Waals surface area contributed by atoms with Crippen LogP contribution in [0.5, 0.6) is 0 Å². The van der Waals surface area contributed by atoms with Crippen molar-refractivity contribution in [1.29, 1.82) is 0 Å². The number of carboxylic acid groups (broad SMARTS) is 2. The molecule has 5 nitrogen and oxygen atoms in total. The fourth-order valence-corrected chi connectivity index (χ4v) is 0.0680. The smallest absolute Gasteiger partial charge is 0.483 e. The van der Waals surface area contributed by atoms with Crippen LogP contribution >= 0.6 is 0 Å². The Morgan fingerprint density at radius 2 is 1.38 bits per heavy atom. The molecule has 0 unspecified atom stereocenters. The zero-order chi connectivity index (χ0) is 5.86. The molecule has 8 heavy (non-hydrogen) atoms. The van der Waals surface area contributed by atoms with Gasteiger partial charge < -0.3 is 24.5 Å². The Bertz CT molecular complexity index is 86.6. The quantitative estimate of drug-likeness (QED) is 0.254. The zero-order valence-corrected chi connectivity index (χ0v) is 4.91. The number of ether oxygens (including phenoxy) is 1. The van der Waals surface area contributed by atoms with Crippen molar-refractivity contribution in [3.8, 4) is 0 Å². The van der Waals surface area contributed by atoms with Crippen molar-refractivity contribution in [3.05, 3.63) is 0 Å². The second-order valence-corrected chi connectivity index (χ2v) is 0.602.